The number of rotatable bonds is 6. The molecule has 1 aromatic heterocycles. The minimum Gasteiger partial charge on any atom is -0.309 e. The summed E-state index contributed by atoms with van der Waals surface area (Å²) in [6, 6.07) is 99.2. The van der Waals surface area contributed by atoms with Crippen molar-refractivity contribution in [3.8, 4) is 50.2 Å². The molecule has 1 atom stereocenters. The molecule has 13 aromatic rings. The molecule has 1 spiro atoms. The predicted octanol–water partition coefficient (Wildman–Crippen LogP) is 18.2. The molecule has 1 aliphatic carbocycles. The van der Waals surface area contributed by atoms with E-state index < -0.39 is 5.41 Å². The molecule has 2 heteroatoms. The summed E-state index contributed by atoms with van der Waals surface area (Å²) in [5, 5.41) is 7.37. The average molecular weight is 901 g/mol. The van der Waals surface area contributed by atoms with Crippen LogP contribution in [0.5, 0.6) is 0 Å². The van der Waals surface area contributed by atoms with Crippen LogP contribution in [0.4, 0.5) is 17.1 Å². The molecule has 0 N–H and O–H groups in total. The zero-order valence-electron chi connectivity index (χ0n) is 38.8. The van der Waals surface area contributed by atoms with Gasteiger partial charge in [0.15, 0.2) is 0 Å². The summed E-state index contributed by atoms with van der Waals surface area (Å²) in [7, 11) is 0. The van der Waals surface area contributed by atoms with Crippen LogP contribution in [-0.4, -0.2) is 4.57 Å². The van der Waals surface area contributed by atoms with Crippen LogP contribution in [0.2, 0.25) is 0 Å². The van der Waals surface area contributed by atoms with Crippen molar-refractivity contribution < 1.29 is 0 Å². The van der Waals surface area contributed by atoms with Gasteiger partial charge in [-0.2, -0.15) is 0 Å². The predicted molar refractivity (Wildman–Crippen MR) is 298 cm³/mol. The van der Waals surface area contributed by atoms with E-state index in [0.29, 0.717) is 0 Å². The molecule has 2 heterocycles. The quantitative estimate of drug-likeness (QED) is 0.161. The van der Waals surface area contributed by atoms with Crippen molar-refractivity contribution in [2.24, 2.45) is 0 Å². The smallest absolute Gasteiger partial charge is 0.0754 e. The number of benzene rings is 12. The summed E-state index contributed by atoms with van der Waals surface area (Å²) in [4.78, 5) is 2.46. The first-order chi connectivity index (χ1) is 35.2. The number of fused-ring (bicyclic) bond motifs is 14. The Balaban J connectivity index is 0.888. The zero-order valence-corrected chi connectivity index (χ0v) is 38.8. The Bertz CT molecular complexity index is 4300. The monoisotopic (exact) mass is 900 g/mol. The second-order valence-electron chi connectivity index (χ2n) is 19.2. The van der Waals surface area contributed by atoms with Crippen LogP contribution < -0.4 is 4.90 Å². The fraction of sp³-hybridized carbons (Fsp3) is 0.0145. The summed E-state index contributed by atoms with van der Waals surface area (Å²) in [5.74, 6) is 0. The Hall–Kier alpha value is -9.24. The van der Waals surface area contributed by atoms with E-state index in [9.17, 15) is 0 Å². The first-order valence-electron chi connectivity index (χ1n) is 24.7. The Morgan fingerprint density at radius 2 is 0.887 bits per heavy atom. The molecule has 0 amide bonds. The van der Waals surface area contributed by atoms with Crippen molar-refractivity contribution in [1.82, 2.24) is 4.57 Å². The second-order valence-corrected chi connectivity index (χ2v) is 19.2. The summed E-state index contributed by atoms with van der Waals surface area (Å²) >= 11 is 0. The zero-order chi connectivity index (χ0) is 46.6. The molecule has 15 rings (SSSR count). The third-order valence-corrected chi connectivity index (χ3v) is 15.5. The molecule has 330 valence electrons. The molecule has 2 aliphatic rings. The second kappa shape index (κ2) is 15.4. The van der Waals surface area contributed by atoms with Gasteiger partial charge in [-0.05, 0) is 132 Å². The fourth-order valence-electron chi connectivity index (χ4n) is 12.5. The molecule has 0 radical (unpaired) electrons. The van der Waals surface area contributed by atoms with E-state index in [4.69, 9.17) is 0 Å². The van der Waals surface area contributed by atoms with Crippen LogP contribution in [-0.2, 0) is 5.41 Å². The number of nitrogens with zero attached hydrogens (tertiary/aromatic N) is 2. The molecule has 12 aromatic carbocycles. The lowest BCUT2D eigenvalue weighted by Crippen LogP contribution is -2.33. The maximum Gasteiger partial charge on any atom is 0.0754 e. The van der Waals surface area contributed by atoms with E-state index in [1.165, 1.54) is 116 Å². The van der Waals surface area contributed by atoms with Crippen LogP contribution in [0.25, 0.3) is 93.5 Å². The summed E-state index contributed by atoms with van der Waals surface area (Å²) in [6.07, 6.45) is 0. The van der Waals surface area contributed by atoms with E-state index in [0.717, 1.165) is 17.1 Å². The van der Waals surface area contributed by atoms with Gasteiger partial charge in [0.2, 0.25) is 0 Å². The molecule has 71 heavy (non-hydrogen) atoms. The largest absolute Gasteiger partial charge is 0.309 e. The molecule has 0 bridgehead atoms. The number of hydrogen-bond acceptors (Lipinski definition) is 1. The van der Waals surface area contributed by atoms with E-state index in [-0.39, 0.29) is 0 Å². The van der Waals surface area contributed by atoms with Crippen molar-refractivity contribution >= 4 is 60.4 Å². The Morgan fingerprint density at radius 3 is 1.82 bits per heavy atom. The highest BCUT2D eigenvalue weighted by Gasteiger charge is 2.50. The molecule has 0 fully saturated rings. The van der Waals surface area contributed by atoms with Crippen molar-refractivity contribution in [1.29, 1.82) is 0 Å². The maximum absolute atomic E-state index is 2.52. The molecular formula is C69H44N2. The normalized spacial score (nSPS) is 14.3. The molecule has 2 nitrogen and oxygen atoms in total. The SMILES string of the molecule is c1ccc(-c2cccc(-c3ccccc3N(c3ccc4cc(-c5ccc6c(c5)C5(c7ccccc7-6)c6ccccc6-n6c7ccccc7c7cccc5c76)ccc4c3)c3cccc4ccccc34)c2)cc1. The van der Waals surface area contributed by atoms with E-state index >= 15 is 0 Å². The first-order valence-corrected chi connectivity index (χ1v) is 24.7. The lowest BCUT2D eigenvalue weighted by atomic mass is 9.65. The lowest BCUT2D eigenvalue weighted by molar-refractivity contribution is 0.749. The van der Waals surface area contributed by atoms with Gasteiger partial charge in [0.05, 0.1) is 33.5 Å². The fourth-order valence-corrected chi connectivity index (χ4v) is 12.5. The average Bonchev–Trinajstić information content (AvgIpc) is 3.94. The van der Waals surface area contributed by atoms with Gasteiger partial charge in [-0.25, -0.2) is 0 Å². The van der Waals surface area contributed by atoms with Gasteiger partial charge in [0.25, 0.3) is 0 Å². The molecule has 1 aliphatic heterocycles. The maximum atomic E-state index is 2.52. The van der Waals surface area contributed by atoms with Gasteiger partial charge in [-0.15, -0.1) is 0 Å². The van der Waals surface area contributed by atoms with Crippen molar-refractivity contribution in [3.63, 3.8) is 0 Å². The van der Waals surface area contributed by atoms with E-state index in [1.54, 1.807) is 0 Å². The molecule has 1 unspecified atom stereocenters. The van der Waals surface area contributed by atoms with E-state index in [2.05, 4.69) is 276 Å². The van der Waals surface area contributed by atoms with Crippen molar-refractivity contribution in [2.75, 3.05) is 4.90 Å². The number of anilines is 3. The Kier molecular flexibility index (Phi) is 8.61. The van der Waals surface area contributed by atoms with E-state index in [1.807, 2.05) is 0 Å². The minimum absolute atomic E-state index is 0.502. The number of para-hydroxylation sites is 4. The van der Waals surface area contributed by atoms with Crippen LogP contribution in [0.1, 0.15) is 22.3 Å². The van der Waals surface area contributed by atoms with Crippen molar-refractivity contribution in [3.05, 3.63) is 289 Å². The molecule has 0 saturated heterocycles. The van der Waals surface area contributed by atoms with Crippen LogP contribution in [0.15, 0.2) is 267 Å². The summed E-state index contributed by atoms with van der Waals surface area (Å²) in [6.45, 7) is 0. The highest BCUT2D eigenvalue weighted by Crippen LogP contribution is 2.61. The Morgan fingerprint density at radius 1 is 0.296 bits per heavy atom. The van der Waals surface area contributed by atoms with Gasteiger partial charge in [-0.1, -0.05) is 212 Å². The van der Waals surface area contributed by atoms with Gasteiger partial charge in [0, 0.05) is 27.4 Å². The van der Waals surface area contributed by atoms with Crippen molar-refractivity contribution in [2.45, 2.75) is 5.41 Å². The first kappa shape index (κ1) is 39.7. The Labute approximate surface area is 412 Å². The molecular weight excluding hydrogens is 857 g/mol. The third kappa shape index (κ3) is 5.77. The summed E-state index contributed by atoms with van der Waals surface area (Å²) in [5.41, 5.74) is 21.7. The van der Waals surface area contributed by atoms with Gasteiger partial charge in [-0.3, -0.25) is 0 Å². The van der Waals surface area contributed by atoms with Gasteiger partial charge < -0.3 is 9.47 Å². The topological polar surface area (TPSA) is 8.17 Å². The summed E-state index contributed by atoms with van der Waals surface area (Å²) < 4.78 is 2.52. The number of hydrogen-bond donors (Lipinski definition) is 0. The van der Waals surface area contributed by atoms with Gasteiger partial charge >= 0.3 is 0 Å². The van der Waals surface area contributed by atoms with Gasteiger partial charge in [0.1, 0.15) is 0 Å². The van der Waals surface area contributed by atoms with Crippen LogP contribution in [0.3, 0.4) is 0 Å². The van der Waals surface area contributed by atoms with Crippen LogP contribution in [0, 0.1) is 0 Å². The third-order valence-electron chi connectivity index (χ3n) is 15.5. The van der Waals surface area contributed by atoms with Crippen LogP contribution >= 0.6 is 0 Å². The standard InChI is InChI=1S/C69H44N2/c1-2-17-45(18-3-1)47-21-14-22-52(42-47)55-24-7-11-31-64(55)70(65-34-15-20-46-19-4-5-23-54(46)65)53-39-37-49-41-48(35-36-50(49)43-53)51-38-40-57-56-25-6-9-28-60(56)69(63(57)44-51)61-29-10-13-33-67(61)71-66-32-12-8-26-58(66)59-27-16-30-62(69)68(59)71/h1-44H. The minimum atomic E-state index is -0.502. The highest BCUT2D eigenvalue weighted by atomic mass is 15.1. The molecule has 0 saturated carbocycles. The number of aromatic nitrogens is 1. The lowest BCUT2D eigenvalue weighted by Gasteiger charge is -2.39. The highest BCUT2D eigenvalue weighted by molar-refractivity contribution is 6.13.